The maximum Gasteiger partial charge on any atom is 0.263 e. The lowest BCUT2D eigenvalue weighted by Gasteiger charge is -2.04. The number of nitrogens with one attached hydrogen (secondary N) is 1. The molecule has 0 bridgehead atoms. The third-order valence-corrected chi connectivity index (χ3v) is 4.23. The Morgan fingerprint density at radius 3 is 3.10 bits per heavy atom. The second kappa shape index (κ2) is 5.53. The Hall–Kier alpha value is -2.41. The number of pyridine rings is 1. The molecule has 3 N–H and O–H groups in total. The molecule has 3 aromatic heterocycles. The van der Waals surface area contributed by atoms with E-state index in [2.05, 4.69) is 15.4 Å². The maximum atomic E-state index is 12.2. The fourth-order valence-electron chi connectivity index (χ4n) is 2.07. The fourth-order valence-corrected chi connectivity index (χ4v) is 3.05. The van der Waals surface area contributed by atoms with Gasteiger partial charge in [0.1, 0.15) is 9.71 Å². The predicted octanol–water partition coefficient (Wildman–Crippen LogP) is 1.81. The van der Waals surface area contributed by atoms with Gasteiger partial charge in [0.25, 0.3) is 5.91 Å². The van der Waals surface area contributed by atoms with Crippen LogP contribution in [0.25, 0.3) is 10.2 Å². The fraction of sp³-hybridized carbons (Fsp3) is 0.214. The first kappa shape index (κ1) is 13.6. The minimum absolute atomic E-state index is 0.167. The van der Waals surface area contributed by atoms with Gasteiger partial charge in [-0.1, -0.05) is 0 Å². The highest BCUT2D eigenvalue weighted by Gasteiger charge is 2.16. The van der Waals surface area contributed by atoms with Crippen molar-refractivity contribution in [2.45, 2.75) is 13.5 Å². The summed E-state index contributed by atoms with van der Waals surface area (Å²) in [7, 11) is 0. The molecule has 0 unspecified atom stereocenters. The molecule has 108 valence electrons. The molecule has 0 aliphatic carbocycles. The van der Waals surface area contributed by atoms with E-state index in [0.717, 1.165) is 15.8 Å². The summed E-state index contributed by atoms with van der Waals surface area (Å²) in [5.41, 5.74) is 7.61. The number of aromatic nitrogens is 3. The summed E-state index contributed by atoms with van der Waals surface area (Å²) in [5.74, 6) is -0.167. The van der Waals surface area contributed by atoms with Gasteiger partial charge in [0.2, 0.25) is 0 Å². The average molecular weight is 301 g/mol. The molecule has 0 spiro atoms. The van der Waals surface area contributed by atoms with E-state index in [-0.39, 0.29) is 5.91 Å². The first-order valence-electron chi connectivity index (χ1n) is 6.55. The van der Waals surface area contributed by atoms with E-state index in [0.29, 0.717) is 23.7 Å². The second-order valence-corrected chi connectivity index (χ2v) is 5.74. The third-order valence-electron chi connectivity index (χ3n) is 3.10. The Bertz CT molecular complexity index is 792. The molecule has 3 heterocycles. The lowest BCUT2D eigenvalue weighted by molar-refractivity contribution is 0.0957. The maximum absolute atomic E-state index is 12.2. The summed E-state index contributed by atoms with van der Waals surface area (Å²) in [6, 6.07) is 3.69. The Kier molecular flexibility index (Phi) is 3.57. The van der Waals surface area contributed by atoms with Crippen LogP contribution in [0.5, 0.6) is 0 Å². The molecule has 0 fully saturated rings. The van der Waals surface area contributed by atoms with Gasteiger partial charge < -0.3 is 11.1 Å². The van der Waals surface area contributed by atoms with Gasteiger partial charge in [-0.15, -0.1) is 11.3 Å². The second-order valence-electron chi connectivity index (χ2n) is 4.74. The van der Waals surface area contributed by atoms with Gasteiger partial charge in [-0.2, -0.15) is 5.10 Å². The van der Waals surface area contributed by atoms with E-state index in [1.807, 2.05) is 25.3 Å². The summed E-state index contributed by atoms with van der Waals surface area (Å²) >= 11 is 1.31. The van der Waals surface area contributed by atoms with Crippen LogP contribution in [-0.2, 0) is 6.54 Å². The van der Waals surface area contributed by atoms with E-state index >= 15 is 0 Å². The lowest BCUT2D eigenvalue weighted by atomic mass is 10.2. The topological polar surface area (TPSA) is 85.8 Å². The number of aryl methyl sites for hydroxylation is 1. The van der Waals surface area contributed by atoms with Crippen molar-refractivity contribution in [2.24, 2.45) is 0 Å². The van der Waals surface area contributed by atoms with Crippen molar-refractivity contribution in [1.29, 1.82) is 0 Å². The quantitative estimate of drug-likeness (QED) is 0.769. The standard InChI is InChI=1S/C14H15N5OS/c1-9-7-18-19(8-9)6-5-16-13(20)12-11(15)10-3-2-4-17-14(10)21-12/h2-4,7-8H,5-6,15H2,1H3,(H,16,20). The zero-order valence-electron chi connectivity index (χ0n) is 11.5. The number of anilines is 1. The van der Waals surface area contributed by atoms with Crippen LogP contribution >= 0.6 is 11.3 Å². The van der Waals surface area contributed by atoms with Crippen molar-refractivity contribution in [1.82, 2.24) is 20.1 Å². The van der Waals surface area contributed by atoms with Crippen molar-refractivity contribution < 1.29 is 4.79 Å². The average Bonchev–Trinajstić information content (AvgIpc) is 3.03. The molecule has 0 saturated carbocycles. The molecule has 3 rings (SSSR count). The van der Waals surface area contributed by atoms with Gasteiger partial charge in [0, 0.05) is 24.3 Å². The zero-order valence-corrected chi connectivity index (χ0v) is 12.4. The van der Waals surface area contributed by atoms with Crippen LogP contribution in [0.4, 0.5) is 5.69 Å². The number of amides is 1. The monoisotopic (exact) mass is 301 g/mol. The number of rotatable bonds is 4. The normalized spacial score (nSPS) is 10.9. The Labute approximate surface area is 125 Å². The number of hydrogen-bond donors (Lipinski definition) is 2. The van der Waals surface area contributed by atoms with Crippen LogP contribution < -0.4 is 11.1 Å². The number of hydrogen-bond acceptors (Lipinski definition) is 5. The molecule has 1 amide bonds. The summed E-state index contributed by atoms with van der Waals surface area (Å²) < 4.78 is 1.80. The predicted molar refractivity (Wildman–Crippen MR) is 83.3 cm³/mol. The van der Waals surface area contributed by atoms with Crippen LogP contribution in [0.2, 0.25) is 0 Å². The minimum Gasteiger partial charge on any atom is -0.397 e. The van der Waals surface area contributed by atoms with Crippen molar-refractivity contribution in [2.75, 3.05) is 12.3 Å². The molecule has 21 heavy (non-hydrogen) atoms. The van der Waals surface area contributed by atoms with Gasteiger partial charge in [-0.3, -0.25) is 9.48 Å². The van der Waals surface area contributed by atoms with Crippen molar-refractivity contribution in [3.63, 3.8) is 0 Å². The van der Waals surface area contributed by atoms with Crippen molar-refractivity contribution >= 4 is 33.1 Å². The largest absolute Gasteiger partial charge is 0.397 e. The number of fused-ring (bicyclic) bond motifs is 1. The van der Waals surface area contributed by atoms with E-state index < -0.39 is 0 Å². The first-order chi connectivity index (χ1) is 10.1. The number of thiophene rings is 1. The molecular formula is C14H15N5OS. The van der Waals surface area contributed by atoms with Gasteiger partial charge in [0.05, 0.1) is 18.4 Å². The Morgan fingerprint density at radius 2 is 2.38 bits per heavy atom. The van der Waals surface area contributed by atoms with E-state index in [1.54, 1.807) is 17.1 Å². The van der Waals surface area contributed by atoms with Crippen molar-refractivity contribution in [3.8, 4) is 0 Å². The highest BCUT2D eigenvalue weighted by atomic mass is 32.1. The first-order valence-corrected chi connectivity index (χ1v) is 7.37. The molecule has 0 saturated heterocycles. The van der Waals surface area contributed by atoms with Crippen LogP contribution in [0, 0.1) is 6.92 Å². The molecule has 0 atom stereocenters. The van der Waals surface area contributed by atoms with Crippen LogP contribution in [-0.4, -0.2) is 27.2 Å². The highest BCUT2D eigenvalue weighted by molar-refractivity contribution is 7.21. The molecule has 7 heteroatoms. The number of nitrogens with zero attached hydrogens (tertiary/aromatic N) is 3. The van der Waals surface area contributed by atoms with E-state index in [4.69, 9.17) is 5.73 Å². The smallest absolute Gasteiger partial charge is 0.263 e. The van der Waals surface area contributed by atoms with Crippen LogP contribution in [0.3, 0.4) is 0 Å². The van der Waals surface area contributed by atoms with E-state index in [1.165, 1.54) is 11.3 Å². The Morgan fingerprint density at radius 1 is 1.52 bits per heavy atom. The molecule has 6 nitrogen and oxygen atoms in total. The lowest BCUT2D eigenvalue weighted by Crippen LogP contribution is -2.27. The third kappa shape index (κ3) is 2.73. The SMILES string of the molecule is Cc1cnn(CCNC(=O)c2sc3ncccc3c2N)c1. The van der Waals surface area contributed by atoms with Crippen molar-refractivity contribution in [3.05, 3.63) is 41.2 Å². The molecule has 0 aliphatic heterocycles. The highest BCUT2D eigenvalue weighted by Crippen LogP contribution is 2.31. The summed E-state index contributed by atoms with van der Waals surface area (Å²) in [5, 5.41) is 7.86. The van der Waals surface area contributed by atoms with Gasteiger partial charge in [-0.25, -0.2) is 4.98 Å². The molecule has 0 radical (unpaired) electrons. The zero-order chi connectivity index (χ0) is 14.8. The Balaban J connectivity index is 1.68. The summed E-state index contributed by atoms with van der Waals surface area (Å²) in [6.45, 7) is 3.11. The molecule has 0 aliphatic rings. The summed E-state index contributed by atoms with van der Waals surface area (Å²) in [6.07, 6.45) is 5.42. The molecule has 0 aromatic carbocycles. The number of carbonyl (C=O) groups is 1. The van der Waals surface area contributed by atoms with Gasteiger partial charge in [-0.05, 0) is 24.6 Å². The van der Waals surface area contributed by atoms with E-state index in [9.17, 15) is 4.79 Å². The number of nitrogens with two attached hydrogens (primary N) is 1. The van der Waals surface area contributed by atoms with Crippen LogP contribution in [0.1, 0.15) is 15.2 Å². The number of carbonyl (C=O) groups excluding carboxylic acids is 1. The van der Waals surface area contributed by atoms with Gasteiger partial charge in [0.15, 0.2) is 0 Å². The molecule has 3 aromatic rings. The molecular weight excluding hydrogens is 286 g/mol. The van der Waals surface area contributed by atoms with Gasteiger partial charge >= 0.3 is 0 Å². The summed E-state index contributed by atoms with van der Waals surface area (Å²) in [4.78, 5) is 17.7. The van der Waals surface area contributed by atoms with Crippen LogP contribution in [0.15, 0.2) is 30.7 Å². The minimum atomic E-state index is -0.167. The number of nitrogen functional groups attached to an aromatic ring is 1.